The molecule has 0 spiro atoms. The molecule has 1 saturated heterocycles. The average Bonchev–Trinajstić information content (AvgIpc) is 3.09. The van der Waals surface area contributed by atoms with E-state index in [4.69, 9.17) is 29.2 Å². The Morgan fingerprint density at radius 1 is 0.980 bits per heavy atom. The van der Waals surface area contributed by atoms with Gasteiger partial charge in [-0.3, -0.25) is 24.0 Å². The Hall–Kier alpha value is -5.24. The van der Waals surface area contributed by atoms with Crippen molar-refractivity contribution in [1.29, 1.82) is 0 Å². The molecule has 3 N–H and O–H groups in total. The van der Waals surface area contributed by atoms with Crippen molar-refractivity contribution in [3.8, 4) is 11.5 Å². The van der Waals surface area contributed by atoms with Gasteiger partial charge in [0.05, 0.1) is 26.1 Å². The molecule has 14 nitrogen and oxygen atoms in total. The lowest BCUT2D eigenvalue weighted by Crippen LogP contribution is -2.56. The first-order chi connectivity index (χ1) is 24.1. The Morgan fingerprint density at radius 2 is 1.61 bits per heavy atom. The highest BCUT2D eigenvalue weighted by Crippen LogP contribution is 2.28. The smallest absolute Gasteiger partial charge is 0.330 e. The summed E-state index contributed by atoms with van der Waals surface area (Å²) in [5.41, 5.74) is 1.94. The number of anilines is 1. The van der Waals surface area contributed by atoms with Crippen LogP contribution in [0.4, 0.5) is 5.69 Å². The van der Waals surface area contributed by atoms with Crippen LogP contribution in [0.5, 0.6) is 11.5 Å². The van der Waals surface area contributed by atoms with E-state index in [0.29, 0.717) is 18.0 Å². The van der Waals surface area contributed by atoms with Gasteiger partial charge in [-0.2, -0.15) is 0 Å². The molecular weight excluding hydrogens is 662 g/mol. The van der Waals surface area contributed by atoms with Crippen LogP contribution in [0, 0.1) is 5.41 Å². The third-order valence-electron chi connectivity index (χ3n) is 7.80. The van der Waals surface area contributed by atoms with E-state index in [1.54, 1.807) is 39.0 Å². The van der Waals surface area contributed by atoms with Gasteiger partial charge in [-0.1, -0.05) is 24.8 Å². The zero-order valence-electron chi connectivity index (χ0n) is 30.3. The van der Waals surface area contributed by atoms with Crippen LogP contribution in [-0.2, 0) is 46.3 Å². The number of piperazine rings is 1. The molecule has 14 heteroatoms. The number of carboxylic acid groups (broad SMARTS) is 2. The van der Waals surface area contributed by atoms with Crippen molar-refractivity contribution in [2.24, 2.45) is 5.41 Å². The fourth-order valence-corrected chi connectivity index (χ4v) is 5.02. The second kappa shape index (κ2) is 22.5. The number of hydrogen-bond donors (Lipinski definition) is 3. The molecule has 2 aromatic rings. The predicted octanol–water partition coefficient (Wildman–Crippen LogP) is 3.86. The number of benzene rings is 2. The Kier molecular flexibility index (Phi) is 19.3. The number of aryl methyl sites for hydroxylation is 2. The largest absolute Gasteiger partial charge is 0.493 e. The van der Waals surface area contributed by atoms with Gasteiger partial charge in [-0.15, -0.1) is 0 Å². The second-order valence-corrected chi connectivity index (χ2v) is 12.4. The van der Waals surface area contributed by atoms with E-state index in [1.165, 1.54) is 5.56 Å². The molecule has 1 aliphatic heterocycles. The number of ether oxygens (including phenoxy) is 3. The average molecular weight is 714 g/mol. The third kappa shape index (κ3) is 15.9. The summed E-state index contributed by atoms with van der Waals surface area (Å²) >= 11 is 0. The highest BCUT2D eigenvalue weighted by Gasteiger charge is 2.39. The van der Waals surface area contributed by atoms with Gasteiger partial charge >= 0.3 is 11.9 Å². The minimum absolute atomic E-state index is 0.00766. The Balaban J connectivity index is 0.000000487. The predicted molar refractivity (Wildman–Crippen MR) is 191 cm³/mol. The maximum atomic E-state index is 12.4. The molecule has 0 aromatic heterocycles. The summed E-state index contributed by atoms with van der Waals surface area (Å²) < 4.78 is 15.5. The van der Waals surface area contributed by atoms with E-state index in [2.05, 4.69) is 16.8 Å². The van der Waals surface area contributed by atoms with Crippen LogP contribution in [-0.4, -0.2) is 110 Å². The number of methoxy groups -OCH3 is 2. The number of aliphatic carboxylic acids is 1. The van der Waals surface area contributed by atoms with Crippen molar-refractivity contribution in [3.63, 3.8) is 0 Å². The molecule has 1 unspecified atom stereocenters. The summed E-state index contributed by atoms with van der Waals surface area (Å²) in [4.78, 5) is 70.2. The minimum Gasteiger partial charge on any atom is -0.493 e. The van der Waals surface area contributed by atoms with Gasteiger partial charge in [0.2, 0.25) is 11.7 Å². The first-order valence-electron chi connectivity index (χ1n) is 16.3. The molecule has 0 radical (unpaired) electrons. The molecule has 1 fully saturated rings. The Bertz CT molecular complexity index is 1490. The van der Waals surface area contributed by atoms with E-state index >= 15 is 0 Å². The van der Waals surface area contributed by atoms with Crippen LogP contribution in [0.15, 0.2) is 55.1 Å². The molecule has 0 aliphatic carbocycles. The fraction of sp³-hybridized carbons (Fsp3) is 0.459. The van der Waals surface area contributed by atoms with E-state index in [9.17, 15) is 24.0 Å². The number of esters is 1. The molecule has 0 bridgehead atoms. The van der Waals surface area contributed by atoms with Crippen LogP contribution in [0.3, 0.4) is 0 Å². The van der Waals surface area contributed by atoms with Crippen molar-refractivity contribution in [2.45, 2.75) is 58.9 Å². The van der Waals surface area contributed by atoms with Gasteiger partial charge in [-0.05, 0) is 82.5 Å². The number of rotatable bonds is 15. The maximum Gasteiger partial charge on any atom is 0.330 e. The summed E-state index contributed by atoms with van der Waals surface area (Å²) in [6.45, 7) is 10.1. The number of likely N-dealkylation sites (N-methyl/N-ethyl adjacent to an activating group) is 1. The van der Waals surface area contributed by atoms with E-state index in [0.717, 1.165) is 49.7 Å². The topological polar surface area (TPSA) is 189 Å². The van der Waals surface area contributed by atoms with Crippen LogP contribution in [0.25, 0.3) is 0 Å². The highest BCUT2D eigenvalue weighted by molar-refractivity contribution is 6.38. The van der Waals surface area contributed by atoms with E-state index in [-0.39, 0.29) is 37.9 Å². The van der Waals surface area contributed by atoms with Gasteiger partial charge < -0.3 is 39.5 Å². The van der Waals surface area contributed by atoms with Gasteiger partial charge in [-0.25, -0.2) is 4.79 Å². The first kappa shape index (κ1) is 43.8. The molecule has 280 valence electrons. The minimum atomic E-state index is -1.04. The molecular formula is C37H51N3O11. The number of carbonyl (C=O) groups excluding carboxylic acids is 4. The molecule has 1 aliphatic rings. The summed E-state index contributed by atoms with van der Waals surface area (Å²) in [6, 6.07) is 13.5. The fourth-order valence-electron chi connectivity index (χ4n) is 5.02. The molecule has 2 aromatic carbocycles. The number of nitrogens with one attached hydrogen (secondary N) is 1. The molecule has 1 heterocycles. The first-order valence-corrected chi connectivity index (χ1v) is 16.3. The summed E-state index contributed by atoms with van der Waals surface area (Å²) in [7, 11) is 5.22. The van der Waals surface area contributed by atoms with Gasteiger partial charge in [0, 0.05) is 43.9 Å². The number of hydrogen-bond acceptors (Lipinski definition) is 10. The van der Waals surface area contributed by atoms with Crippen molar-refractivity contribution in [2.75, 3.05) is 52.8 Å². The molecule has 3 rings (SSSR count). The second-order valence-electron chi connectivity index (χ2n) is 12.4. The third-order valence-corrected chi connectivity index (χ3v) is 7.80. The lowest BCUT2D eigenvalue weighted by atomic mass is 9.88. The van der Waals surface area contributed by atoms with Crippen LogP contribution in [0.1, 0.15) is 51.2 Å². The van der Waals surface area contributed by atoms with E-state index < -0.39 is 29.0 Å². The van der Waals surface area contributed by atoms with E-state index in [1.807, 2.05) is 50.4 Å². The standard InChI is InChI=1S/C21H25NO5.C15H24N2O4.CH2O2/c1-26-18-10-9-16(14-19(18)27-2)6-3-5-15-7-4-8-17(13-15)22-20(23)11-12-21(24)25;1-6-12(18)21-10-15(3,4)13(19)14(20)17-8-7-16(5)9-11(17)2;2-1-3/h4,7-10,13-14H,3,5-6,11-12H2,1-2H3,(H,22,23)(H,24,25);6,11H,1,7-10H2,2-5H3;1H,(H,2,3). The normalized spacial score (nSPS) is 13.9. The summed E-state index contributed by atoms with van der Waals surface area (Å²) in [6.07, 6.45) is 3.55. The SMILES string of the molecule is C=CC(=O)OCC(C)(C)C(=O)C(=O)N1CCN(C)CC1C.COc1ccc(CCCc2cccc(NC(=O)CCC(=O)O)c2)cc1OC.O=CO. The zero-order chi connectivity index (χ0) is 38.6. The number of carboxylic acids is 1. The van der Waals surface area contributed by atoms with Crippen LogP contribution >= 0.6 is 0 Å². The molecule has 0 saturated carbocycles. The lowest BCUT2D eigenvalue weighted by molar-refractivity contribution is -0.155. The maximum absolute atomic E-state index is 12.4. The number of nitrogens with zero attached hydrogens (tertiary/aromatic N) is 2. The number of carbonyl (C=O) groups is 6. The summed E-state index contributed by atoms with van der Waals surface area (Å²) in [5.74, 6) is -1.47. The van der Waals surface area contributed by atoms with Crippen molar-refractivity contribution < 1.29 is 53.2 Å². The Morgan fingerprint density at radius 3 is 2.18 bits per heavy atom. The van der Waals surface area contributed by atoms with Crippen molar-refractivity contribution in [1.82, 2.24) is 9.80 Å². The lowest BCUT2D eigenvalue weighted by Gasteiger charge is -2.38. The van der Waals surface area contributed by atoms with Crippen molar-refractivity contribution in [3.05, 3.63) is 66.2 Å². The van der Waals surface area contributed by atoms with Crippen LogP contribution in [0.2, 0.25) is 0 Å². The Labute approximate surface area is 299 Å². The number of ketones is 1. The molecule has 1 atom stereocenters. The number of Topliss-reactive ketones (excluding diaryl/α,β-unsaturated/α-hetero) is 1. The van der Waals surface area contributed by atoms with Gasteiger partial charge in [0.15, 0.2) is 11.5 Å². The molecule has 2 amide bonds. The molecule has 51 heavy (non-hydrogen) atoms. The summed E-state index contributed by atoms with van der Waals surface area (Å²) in [5, 5.41) is 18.3. The highest BCUT2D eigenvalue weighted by atomic mass is 16.5. The zero-order valence-corrected chi connectivity index (χ0v) is 30.3. The monoisotopic (exact) mass is 713 g/mol. The number of amides is 2. The van der Waals surface area contributed by atoms with Gasteiger partial charge in [0.1, 0.15) is 6.61 Å². The quantitative estimate of drug-likeness (QED) is 0.105. The van der Waals surface area contributed by atoms with Gasteiger partial charge in [0.25, 0.3) is 12.4 Å². The van der Waals surface area contributed by atoms with Crippen LogP contribution < -0.4 is 14.8 Å². The van der Waals surface area contributed by atoms with Crippen molar-refractivity contribution >= 4 is 41.7 Å².